The summed E-state index contributed by atoms with van der Waals surface area (Å²) in [5.74, 6) is 0. The largest absolute Gasteiger partial charge is 0.376 e. The second-order valence-corrected chi connectivity index (χ2v) is 2.48. The molecule has 0 aromatic rings. The summed E-state index contributed by atoms with van der Waals surface area (Å²) in [7, 11) is 0. The van der Waals surface area contributed by atoms with Crippen molar-refractivity contribution in [3.8, 4) is 0 Å². The lowest BCUT2D eigenvalue weighted by Crippen LogP contribution is -2.24. The van der Waals surface area contributed by atoms with E-state index in [1.165, 1.54) is 0 Å². The highest BCUT2D eigenvalue weighted by Gasteiger charge is 1.87. The summed E-state index contributed by atoms with van der Waals surface area (Å²) >= 11 is 0. The van der Waals surface area contributed by atoms with Crippen LogP contribution >= 0.6 is 0 Å². The van der Waals surface area contributed by atoms with Gasteiger partial charge < -0.3 is 14.8 Å². The van der Waals surface area contributed by atoms with E-state index in [1.54, 1.807) is 12.2 Å². The number of hydrogen-bond donors (Lipinski definition) is 1. The maximum atomic E-state index is 5.17. The molecule has 0 amide bonds. The van der Waals surface area contributed by atoms with Gasteiger partial charge >= 0.3 is 0 Å². The van der Waals surface area contributed by atoms with Gasteiger partial charge in [-0.25, -0.2) is 0 Å². The molecule has 0 saturated carbocycles. The third-order valence-electron chi connectivity index (χ3n) is 1.32. The Morgan fingerprint density at radius 3 is 1.77 bits per heavy atom. The minimum Gasteiger partial charge on any atom is -0.376 e. The predicted molar refractivity (Wildman–Crippen MR) is 54.9 cm³/mol. The Kier molecular flexibility index (Phi) is 10.8. The number of rotatable bonds is 10. The molecule has 0 unspecified atom stereocenters. The maximum absolute atomic E-state index is 5.17. The van der Waals surface area contributed by atoms with Crippen LogP contribution in [0.4, 0.5) is 0 Å². The Balaban J connectivity index is 2.83. The van der Waals surface area contributed by atoms with Crippen LogP contribution in [0.25, 0.3) is 0 Å². The summed E-state index contributed by atoms with van der Waals surface area (Å²) < 4.78 is 10.3. The fraction of sp³-hybridized carbons (Fsp3) is 0.600. The Hall–Kier alpha value is -0.640. The summed E-state index contributed by atoms with van der Waals surface area (Å²) in [4.78, 5) is 0. The van der Waals surface area contributed by atoms with E-state index < -0.39 is 0 Å². The van der Waals surface area contributed by atoms with Crippen molar-refractivity contribution in [3.63, 3.8) is 0 Å². The molecule has 0 atom stereocenters. The van der Waals surface area contributed by atoms with E-state index in [-0.39, 0.29) is 0 Å². The molecule has 0 bridgehead atoms. The van der Waals surface area contributed by atoms with Crippen molar-refractivity contribution in [2.24, 2.45) is 0 Å². The van der Waals surface area contributed by atoms with Gasteiger partial charge in [0, 0.05) is 13.1 Å². The first-order valence-electron chi connectivity index (χ1n) is 4.49. The van der Waals surface area contributed by atoms with Crippen LogP contribution < -0.4 is 5.32 Å². The second-order valence-electron chi connectivity index (χ2n) is 2.48. The van der Waals surface area contributed by atoms with E-state index in [0.29, 0.717) is 26.4 Å². The maximum Gasteiger partial charge on any atom is 0.0645 e. The molecule has 0 rings (SSSR count). The van der Waals surface area contributed by atoms with Crippen LogP contribution in [-0.2, 0) is 9.47 Å². The normalized spacial score (nSPS) is 9.85. The Morgan fingerprint density at radius 1 is 0.923 bits per heavy atom. The van der Waals surface area contributed by atoms with Gasteiger partial charge in [0.25, 0.3) is 0 Å². The van der Waals surface area contributed by atoms with Crippen molar-refractivity contribution >= 4 is 0 Å². The zero-order valence-corrected chi connectivity index (χ0v) is 8.13. The van der Waals surface area contributed by atoms with Gasteiger partial charge in [-0.1, -0.05) is 12.2 Å². The van der Waals surface area contributed by atoms with Crippen molar-refractivity contribution in [2.45, 2.75) is 0 Å². The Bertz CT molecular complexity index is 112. The van der Waals surface area contributed by atoms with E-state index in [0.717, 1.165) is 13.1 Å². The van der Waals surface area contributed by atoms with E-state index >= 15 is 0 Å². The highest BCUT2D eigenvalue weighted by atomic mass is 16.5. The topological polar surface area (TPSA) is 30.5 Å². The SMILES string of the molecule is C=CCOCCNCCOCC=C. The van der Waals surface area contributed by atoms with Gasteiger partial charge in [-0.05, 0) is 0 Å². The highest BCUT2D eigenvalue weighted by Crippen LogP contribution is 1.75. The van der Waals surface area contributed by atoms with Gasteiger partial charge in [-0.15, -0.1) is 13.2 Å². The molecule has 0 aliphatic carbocycles. The van der Waals surface area contributed by atoms with Crippen LogP contribution in [0, 0.1) is 0 Å². The summed E-state index contributed by atoms with van der Waals surface area (Å²) in [5, 5.41) is 3.18. The first-order valence-corrected chi connectivity index (χ1v) is 4.49. The van der Waals surface area contributed by atoms with Crippen molar-refractivity contribution in [2.75, 3.05) is 39.5 Å². The molecule has 0 aliphatic rings. The van der Waals surface area contributed by atoms with Crippen molar-refractivity contribution in [3.05, 3.63) is 25.3 Å². The molecule has 1 N–H and O–H groups in total. The summed E-state index contributed by atoms with van der Waals surface area (Å²) in [6.45, 7) is 11.5. The van der Waals surface area contributed by atoms with Gasteiger partial charge in [-0.2, -0.15) is 0 Å². The third-order valence-corrected chi connectivity index (χ3v) is 1.32. The summed E-state index contributed by atoms with van der Waals surface area (Å²) in [5.41, 5.74) is 0. The van der Waals surface area contributed by atoms with Crippen LogP contribution in [0.2, 0.25) is 0 Å². The minimum atomic E-state index is 0.620. The quantitative estimate of drug-likeness (QED) is 0.406. The van der Waals surface area contributed by atoms with Crippen molar-refractivity contribution < 1.29 is 9.47 Å². The third kappa shape index (κ3) is 11.4. The fourth-order valence-corrected chi connectivity index (χ4v) is 0.747. The molecule has 76 valence electrons. The van der Waals surface area contributed by atoms with Gasteiger partial charge in [0.15, 0.2) is 0 Å². The Morgan fingerprint density at radius 2 is 1.38 bits per heavy atom. The zero-order valence-electron chi connectivity index (χ0n) is 8.13. The zero-order chi connectivity index (χ0) is 9.78. The number of nitrogens with one attached hydrogen (secondary N) is 1. The lowest BCUT2D eigenvalue weighted by molar-refractivity contribution is 0.147. The van der Waals surface area contributed by atoms with E-state index in [2.05, 4.69) is 18.5 Å². The molecular weight excluding hydrogens is 166 g/mol. The lowest BCUT2D eigenvalue weighted by atomic mass is 10.6. The molecule has 0 heterocycles. The fourth-order valence-electron chi connectivity index (χ4n) is 0.747. The highest BCUT2D eigenvalue weighted by molar-refractivity contribution is 4.64. The first kappa shape index (κ1) is 12.4. The second kappa shape index (κ2) is 11.4. The molecule has 0 aromatic heterocycles. The molecule has 13 heavy (non-hydrogen) atoms. The molecule has 0 fully saturated rings. The van der Waals surface area contributed by atoms with Crippen LogP contribution in [0.3, 0.4) is 0 Å². The molecule has 0 saturated heterocycles. The monoisotopic (exact) mass is 185 g/mol. The average molecular weight is 185 g/mol. The average Bonchev–Trinajstić information content (AvgIpc) is 2.16. The predicted octanol–water partition coefficient (Wildman–Crippen LogP) is 0.981. The molecule has 0 radical (unpaired) electrons. The molecule has 0 aromatic carbocycles. The van der Waals surface area contributed by atoms with Gasteiger partial charge in [0.2, 0.25) is 0 Å². The van der Waals surface area contributed by atoms with E-state index in [9.17, 15) is 0 Å². The lowest BCUT2D eigenvalue weighted by Gasteiger charge is -2.04. The smallest absolute Gasteiger partial charge is 0.0645 e. The standard InChI is InChI=1S/C10H19NO2/c1-3-7-12-9-5-11-6-10-13-8-4-2/h3-4,11H,1-2,5-10H2. The van der Waals surface area contributed by atoms with Crippen molar-refractivity contribution in [1.82, 2.24) is 5.32 Å². The van der Waals surface area contributed by atoms with Crippen molar-refractivity contribution in [1.29, 1.82) is 0 Å². The van der Waals surface area contributed by atoms with Crippen LogP contribution in [0.15, 0.2) is 25.3 Å². The molecule has 0 aliphatic heterocycles. The van der Waals surface area contributed by atoms with Crippen LogP contribution in [0.5, 0.6) is 0 Å². The molecule has 3 heteroatoms. The van der Waals surface area contributed by atoms with Gasteiger partial charge in [-0.3, -0.25) is 0 Å². The first-order chi connectivity index (χ1) is 6.41. The Labute approximate surface area is 80.4 Å². The molecule has 0 spiro atoms. The molecule has 3 nitrogen and oxygen atoms in total. The summed E-state index contributed by atoms with van der Waals surface area (Å²) in [6, 6.07) is 0. The number of ether oxygens (including phenoxy) is 2. The summed E-state index contributed by atoms with van der Waals surface area (Å²) in [6.07, 6.45) is 3.49. The van der Waals surface area contributed by atoms with Crippen LogP contribution in [0.1, 0.15) is 0 Å². The van der Waals surface area contributed by atoms with Gasteiger partial charge in [0.05, 0.1) is 26.4 Å². The minimum absolute atomic E-state index is 0.620. The number of hydrogen-bond acceptors (Lipinski definition) is 3. The molecular formula is C10H19NO2. The van der Waals surface area contributed by atoms with Gasteiger partial charge in [0.1, 0.15) is 0 Å². The van der Waals surface area contributed by atoms with E-state index in [4.69, 9.17) is 9.47 Å². The van der Waals surface area contributed by atoms with Crippen LogP contribution in [-0.4, -0.2) is 39.5 Å². The van der Waals surface area contributed by atoms with E-state index in [1.807, 2.05) is 0 Å².